The third-order valence-electron chi connectivity index (χ3n) is 3.34. The summed E-state index contributed by atoms with van der Waals surface area (Å²) < 4.78 is 0.269. The van der Waals surface area contributed by atoms with Crippen LogP contribution in [0.2, 0.25) is 0 Å². The van der Waals surface area contributed by atoms with Gasteiger partial charge in [-0.1, -0.05) is 19.3 Å². The number of nitrogens with one attached hydrogen (secondary N) is 1. The molecular formula is C12H25NOS. The molecule has 1 aliphatic rings. The molecule has 0 unspecified atom stereocenters. The Balaban J connectivity index is 2.24. The lowest BCUT2D eigenvalue weighted by Crippen LogP contribution is -2.45. The molecule has 0 bridgehead atoms. The fourth-order valence-electron chi connectivity index (χ4n) is 2.06. The van der Waals surface area contributed by atoms with E-state index in [1.165, 1.54) is 19.3 Å². The molecule has 0 aromatic carbocycles. The predicted octanol–water partition coefficient (Wildman–Crippen LogP) is 2.41. The van der Waals surface area contributed by atoms with Gasteiger partial charge >= 0.3 is 0 Å². The summed E-state index contributed by atoms with van der Waals surface area (Å²) in [5, 5.41) is 13.7. The summed E-state index contributed by atoms with van der Waals surface area (Å²) in [5.74, 6) is 0. The first-order valence-corrected chi connectivity index (χ1v) is 7.18. The molecule has 0 atom stereocenters. The van der Waals surface area contributed by atoms with Gasteiger partial charge in [0.05, 0.1) is 5.60 Å². The Morgan fingerprint density at radius 3 is 2.40 bits per heavy atom. The van der Waals surface area contributed by atoms with Crippen LogP contribution in [0.3, 0.4) is 0 Å². The quantitative estimate of drug-likeness (QED) is 0.762. The Labute approximate surface area is 98.2 Å². The van der Waals surface area contributed by atoms with Gasteiger partial charge in [-0.15, -0.1) is 0 Å². The van der Waals surface area contributed by atoms with Gasteiger partial charge in [-0.2, -0.15) is 11.8 Å². The zero-order valence-corrected chi connectivity index (χ0v) is 11.1. The van der Waals surface area contributed by atoms with Gasteiger partial charge in [-0.05, 0) is 32.9 Å². The van der Waals surface area contributed by atoms with Crippen molar-refractivity contribution < 1.29 is 5.11 Å². The van der Waals surface area contributed by atoms with Crippen LogP contribution in [-0.4, -0.2) is 34.8 Å². The maximum Gasteiger partial charge on any atom is 0.0771 e. The van der Waals surface area contributed by atoms with Crippen molar-refractivity contribution >= 4 is 11.8 Å². The van der Waals surface area contributed by atoms with Gasteiger partial charge in [0.2, 0.25) is 0 Å². The highest BCUT2D eigenvalue weighted by molar-refractivity contribution is 7.99. The van der Waals surface area contributed by atoms with Crippen LogP contribution in [0, 0.1) is 0 Å². The second kappa shape index (κ2) is 5.55. The average Bonchev–Trinajstić information content (AvgIpc) is 2.18. The third kappa shape index (κ3) is 4.75. The van der Waals surface area contributed by atoms with Crippen LogP contribution >= 0.6 is 11.8 Å². The Morgan fingerprint density at radius 2 is 1.87 bits per heavy atom. The van der Waals surface area contributed by atoms with Crippen LogP contribution in [0.15, 0.2) is 0 Å². The molecule has 3 heteroatoms. The van der Waals surface area contributed by atoms with Crippen molar-refractivity contribution in [3.63, 3.8) is 0 Å². The molecule has 0 radical (unpaired) electrons. The van der Waals surface area contributed by atoms with Crippen molar-refractivity contribution in [2.75, 3.05) is 19.3 Å². The summed E-state index contributed by atoms with van der Waals surface area (Å²) in [7, 11) is 0. The van der Waals surface area contributed by atoms with E-state index >= 15 is 0 Å². The molecule has 2 nitrogen and oxygen atoms in total. The smallest absolute Gasteiger partial charge is 0.0771 e. The predicted molar refractivity (Wildman–Crippen MR) is 68.5 cm³/mol. The minimum atomic E-state index is -0.424. The first-order chi connectivity index (χ1) is 6.97. The molecular weight excluding hydrogens is 206 g/mol. The van der Waals surface area contributed by atoms with E-state index in [2.05, 4.69) is 25.4 Å². The zero-order valence-electron chi connectivity index (χ0n) is 10.3. The lowest BCUT2D eigenvalue weighted by Gasteiger charge is -2.33. The van der Waals surface area contributed by atoms with Gasteiger partial charge in [0.1, 0.15) is 0 Å². The second-order valence-corrected chi connectivity index (χ2v) is 6.87. The molecule has 0 amide bonds. The van der Waals surface area contributed by atoms with E-state index in [4.69, 9.17) is 0 Å². The molecule has 0 saturated heterocycles. The number of hydrogen-bond acceptors (Lipinski definition) is 3. The fraction of sp³-hybridized carbons (Fsp3) is 1.00. The third-order valence-corrected chi connectivity index (χ3v) is 4.59. The first kappa shape index (κ1) is 13.3. The van der Waals surface area contributed by atoms with E-state index in [9.17, 15) is 5.11 Å². The number of aliphatic hydroxyl groups is 1. The number of rotatable bonds is 5. The van der Waals surface area contributed by atoms with Crippen LogP contribution in [0.1, 0.15) is 46.0 Å². The van der Waals surface area contributed by atoms with Gasteiger partial charge in [0, 0.05) is 17.8 Å². The minimum absolute atomic E-state index is 0.269. The highest BCUT2D eigenvalue weighted by atomic mass is 32.2. The Kier molecular flexibility index (Phi) is 4.94. The summed E-state index contributed by atoms with van der Waals surface area (Å²) in [5.41, 5.74) is -0.424. The molecule has 0 aliphatic heterocycles. The van der Waals surface area contributed by atoms with Crippen molar-refractivity contribution in [2.24, 2.45) is 0 Å². The molecule has 0 heterocycles. The molecule has 0 aromatic heterocycles. The maximum atomic E-state index is 10.3. The van der Waals surface area contributed by atoms with Gasteiger partial charge in [-0.25, -0.2) is 0 Å². The summed E-state index contributed by atoms with van der Waals surface area (Å²) in [6, 6.07) is 0. The molecule has 1 aliphatic carbocycles. The molecule has 1 saturated carbocycles. The van der Waals surface area contributed by atoms with Crippen LogP contribution in [0.25, 0.3) is 0 Å². The first-order valence-electron chi connectivity index (χ1n) is 5.96. The maximum absolute atomic E-state index is 10.3. The SMILES string of the molecule is CSC(C)(C)CNCC1(O)CCCCC1. The molecule has 90 valence electrons. The van der Waals surface area contributed by atoms with E-state index in [0.717, 1.165) is 25.9 Å². The minimum Gasteiger partial charge on any atom is -0.389 e. The molecule has 0 aromatic rings. The van der Waals surface area contributed by atoms with Crippen molar-refractivity contribution in [3.05, 3.63) is 0 Å². The average molecular weight is 231 g/mol. The van der Waals surface area contributed by atoms with E-state index in [0.29, 0.717) is 0 Å². The van der Waals surface area contributed by atoms with E-state index in [1.54, 1.807) is 0 Å². The fourth-order valence-corrected chi connectivity index (χ4v) is 2.30. The summed E-state index contributed by atoms with van der Waals surface area (Å²) in [4.78, 5) is 0. The Morgan fingerprint density at radius 1 is 1.27 bits per heavy atom. The summed E-state index contributed by atoms with van der Waals surface area (Å²) in [6.07, 6.45) is 7.74. The standard InChI is InChI=1S/C12H25NOS/c1-11(2,15-3)9-13-10-12(14)7-5-4-6-8-12/h13-14H,4-10H2,1-3H3. The van der Waals surface area contributed by atoms with Crippen molar-refractivity contribution in [3.8, 4) is 0 Å². The lowest BCUT2D eigenvalue weighted by atomic mass is 9.85. The molecule has 15 heavy (non-hydrogen) atoms. The lowest BCUT2D eigenvalue weighted by molar-refractivity contribution is 0.00482. The van der Waals surface area contributed by atoms with Crippen LogP contribution in [0.4, 0.5) is 0 Å². The van der Waals surface area contributed by atoms with Crippen LogP contribution < -0.4 is 5.32 Å². The highest BCUT2D eigenvalue weighted by Crippen LogP contribution is 2.27. The molecule has 1 fully saturated rings. The largest absolute Gasteiger partial charge is 0.389 e. The zero-order chi connectivity index (χ0) is 11.4. The van der Waals surface area contributed by atoms with E-state index in [-0.39, 0.29) is 4.75 Å². The normalized spacial score (nSPS) is 21.6. The number of hydrogen-bond donors (Lipinski definition) is 2. The van der Waals surface area contributed by atoms with Gasteiger partial charge in [0.25, 0.3) is 0 Å². The number of thioether (sulfide) groups is 1. The second-order valence-electron chi connectivity index (χ2n) is 5.35. The van der Waals surface area contributed by atoms with Gasteiger partial charge in [0.15, 0.2) is 0 Å². The molecule has 2 N–H and O–H groups in total. The molecule has 1 rings (SSSR count). The highest BCUT2D eigenvalue weighted by Gasteiger charge is 2.29. The topological polar surface area (TPSA) is 32.3 Å². The monoisotopic (exact) mass is 231 g/mol. The van der Waals surface area contributed by atoms with Crippen molar-refractivity contribution in [1.29, 1.82) is 0 Å². The van der Waals surface area contributed by atoms with E-state index in [1.807, 2.05) is 11.8 Å². The molecule has 0 spiro atoms. The summed E-state index contributed by atoms with van der Waals surface area (Å²) >= 11 is 1.87. The van der Waals surface area contributed by atoms with Gasteiger partial charge in [-0.3, -0.25) is 0 Å². The van der Waals surface area contributed by atoms with E-state index < -0.39 is 5.60 Å². The van der Waals surface area contributed by atoms with Gasteiger partial charge < -0.3 is 10.4 Å². The van der Waals surface area contributed by atoms with Crippen molar-refractivity contribution in [1.82, 2.24) is 5.32 Å². The van der Waals surface area contributed by atoms with Crippen LogP contribution in [-0.2, 0) is 0 Å². The van der Waals surface area contributed by atoms with Crippen molar-refractivity contribution in [2.45, 2.75) is 56.3 Å². The van der Waals surface area contributed by atoms with Crippen LogP contribution in [0.5, 0.6) is 0 Å². The Hall–Kier alpha value is 0.270. The summed E-state index contributed by atoms with van der Waals surface area (Å²) in [6.45, 7) is 6.19. The Bertz CT molecular complexity index is 188.